The van der Waals surface area contributed by atoms with Crippen LogP contribution in [0.25, 0.3) is 10.9 Å². The van der Waals surface area contributed by atoms with Crippen LogP contribution in [0.4, 0.5) is 5.82 Å². The first-order chi connectivity index (χ1) is 8.88. The molecule has 4 heteroatoms. The Morgan fingerprint density at radius 3 is 2.89 bits per heavy atom. The number of aromatic nitrogens is 2. The SMILES string of the molecule is O=Cc1c(NCc2cc[nH]c2)[nH]c2ccccc12. The standard InChI is InChI=1S/C14H13N3O/c18-9-12-11-3-1-2-4-13(11)17-14(12)16-8-10-5-6-15-7-10/h1-7,9,15-17H,8H2. The van der Waals surface area contributed by atoms with E-state index in [-0.39, 0.29) is 0 Å². The van der Waals surface area contributed by atoms with Gasteiger partial charge in [0.15, 0.2) is 6.29 Å². The summed E-state index contributed by atoms with van der Waals surface area (Å²) in [4.78, 5) is 17.4. The molecule has 3 aromatic rings. The Hall–Kier alpha value is -2.49. The van der Waals surface area contributed by atoms with Crippen molar-refractivity contribution in [3.05, 3.63) is 53.9 Å². The lowest BCUT2D eigenvalue weighted by Crippen LogP contribution is -2.00. The van der Waals surface area contributed by atoms with Crippen LogP contribution in [-0.2, 0) is 6.54 Å². The fourth-order valence-corrected chi connectivity index (χ4v) is 2.08. The molecule has 0 aliphatic heterocycles. The zero-order valence-corrected chi connectivity index (χ0v) is 9.73. The van der Waals surface area contributed by atoms with E-state index in [0.29, 0.717) is 12.1 Å². The van der Waals surface area contributed by atoms with Crippen molar-refractivity contribution in [1.29, 1.82) is 0 Å². The summed E-state index contributed by atoms with van der Waals surface area (Å²) < 4.78 is 0. The lowest BCUT2D eigenvalue weighted by Gasteiger charge is -2.02. The maximum Gasteiger partial charge on any atom is 0.154 e. The maximum absolute atomic E-state index is 11.2. The van der Waals surface area contributed by atoms with Crippen LogP contribution in [-0.4, -0.2) is 16.3 Å². The van der Waals surface area contributed by atoms with E-state index in [1.807, 2.05) is 42.7 Å². The highest BCUT2D eigenvalue weighted by atomic mass is 16.1. The van der Waals surface area contributed by atoms with Crippen LogP contribution >= 0.6 is 0 Å². The molecule has 1 aromatic carbocycles. The maximum atomic E-state index is 11.2. The first-order valence-corrected chi connectivity index (χ1v) is 5.80. The molecule has 0 unspecified atom stereocenters. The van der Waals surface area contributed by atoms with Crippen LogP contribution in [0.1, 0.15) is 15.9 Å². The Bertz CT molecular complexity index is 667. The van der Waals surface area contributed by atoms with Crippen molar-refractivity contribution in [3.63, 3.8) is 0 Å². The summed E-state index contributed by atoms with van der Waals surface area (Å²) >= 11 is 0. The number of carbonyl (C=O) groups is 1. The molecule has 3 N–H and O–H groups in total. The van der Waals surface area contributed by atoms with E-state index in [1.165, 1.54) is 0 Å². The zero-order chi connectivity index (χ0) is 12.4. The van der Waals surface area contributed by atoms with Crippen LogP contribution in [0.2, 0.25) is 0 Å². The van der Waals surface area contributed by atoms with E-state index in [1.54, 1.807) is 0 Å². The Balaban J connectivity index is 1.93. The summed E-state index contributed by atoms with van der Waals surface area (Å²) in [6.45, 7) is 0.678. The molecule has 0 saturated heterocycles. The summed E-state index contributed by atoms with van der Waals surface area (Å²) in [5, 5.41) is 4.20. The number of fused-ring (bicyclic) bond motifs is 1. The molecule has 0 aliphatic rings. The lowest BCUT2D eigenvalue weighted by atomic mass is 10.2. The first kappa shape index (κ1) is 10.7. The molecule has 0 saturated carbocycles. The predicted molar refractivity (Wildman–Crippen MR) is 71.8 cm³/mol. The molecule has 3 rings (SSSR count). The fraction of sp³-hybridized carbons (Fsp3) is 0.0714. The molecule has 0 aliphatic carbocycles. The summed E-state index contributed by atoms with van der Waals surface area (Å²) in [6.07, 6.45) is 4.69. The van der Waals surface area contributed by atoms with Gasteiger partial charge in [0.05, 0.1) is 5.56 Å². The molecule has 0 fully saturated rings. The van der Waals surface area contributed by atoms with Gasteiger partial charge in [-0.2, -0.15) is 0 Å². The molecular formula is C14H13N3O. The smallest absolute Gasteiger partial charge is 0.154 e. The van der Waals surface area contributed by atoms with Crippen molar-refractivity contribution in [2.45, 2.75) is 6.54 Å². The minimum absolute atomic E-state index is 0.678. The molecule has 2 aromatic heterocycles. The summed E-state index contributed by atoms with van der Waals surface area (Å²) in [5.74, 6) is 0.771. The first-order valence-electron chi connectivity index (χ1n) is 5.80. The number of benzene rings is 1. The fourth-order valence-electron chi connectivity index (χ4n) is 2.08. The Labute approximate surface area is 104 Å². The van der Waals surface area contributed by atoms with Crippen molar-refractivity contribution >= 4 is 23.0 Å². The number of anilines is 1. The van der Waals surface area contributed by atoms with Crippen molar-refractivity contribution in [1.82, 2.24) is 9.97 Å². The van der Waals surface area contributed by atoms with Crippen molar-refractivity contribution in [3.8, 4) is 0 Å². The van der Waals surface area contributed by atoms with E-state index in [2.05, 4.69) is 15.3 Å². The highest BCUT2D eigenvalue weighted by Crippen LogP contribution is 2.24. The molecular weight excluding hydrogens is 226 g/mol. The minimum Gasteiger partial charge on any atom is -0.367 e. The third kappa shape index (κ3) is 1.78. The van der Waals surface area contributed by atoms with Gasteiger partial charge in [-0.3, -0.25) is 4.79 Å². The summed E-state index contributed by atoms with van der Waals surface area (Å²) in [6, 6.07) is 9.78. The summed E-state index contributed by atoms with van der Waals surface area (Å²) in [5.41, 5.74) is 2.79. The third-order valence-corrected chi connectivity index (χ3v) is 3.00. The normalized spacial score (nSPS) is 10.7. The second-order valence-corrected chi connectivity index (χ2v) is 4.15. The van der Waals surface area contributed by atoms with Gasteiger partial charge in [-0.05, 0) is 17.7 Å². The van der Waals surface area contributed by atoms with Gasteiger partial charge >= 0.3 is 0 Å². The molecule has 0 amide bonds. The molecule has 18 heavy (non-hydrogen) atoms. The van der Waals surface area contributed by atoms with Crippen LogP contribution in [0.3, 0.4) is 0 Å². The van der Waals surface area contributed by atoms with Gasteiger partial charge in [0.2, 0.25) is 0 Å². The van der Waals surface area contributed by atoms with E-state index in [0.717, 1.165) is 28.6 Å². The number of H-pyrrole nitrogens is 2. The Kier molecular flexibility index (Phi) is 2.61. The molecule has 0 atom stereocenters. The van der Waals surface area contributed by atoms with Gasteiger partial charge in [0, 0.05) is 29.8 Å². The Morgan fingerprint density at radius 2 is 2.11 bits per heavy atom. The van der Waals surface area contributed by atoms with Crippen LogP contribution in [0, 0.1) is 0 Å². The van der Waals surface area contributed by atoms with Gasteiger partial charge in [0.1, 0.15) is 5.82 Å². The summed E-state index contributed by atoms with van der Waals surface area (Å²) in [7, 11) is 0. The topological polar surface area (TPSA) is 60.7 Å². The number of aromatic amines is 2. The van der Waals surface area contributed by atoms with E-state index < -0.39 is 0 Å². The molecule has 0 spiro atoms. The molecule has 90 valence electrons. The third-order valence-electron chi connectivity index (χ3n) is 3.00. The van der Waals surface area contributed by atoms with Gasteiger partial charge in [-0.1, -0.05) is 18.2 Å². The van der Waals surface area contributed by atoms with Gasteiger partial charge in [-0.15, -0.1) is 0 Å². The van der Waals surface area contributed by atoms with Crippen molar-refractivity contribution < 1.29 is 4.79 Å². The number of carbonyl (C=O) groups excluding carboxylic acids is 1. The molecule has 2 heterocycles. The second kappa shape index (κ2) is 4.41. The van der Waals surface area contributed by atoms with E-state index in [4.69, 9.17) is 0 Å². The van der Waals surface area contributed by atoms with Crippen LogP contribution < -0.4 is 5.32 Å². The number of hydrogen-bond acceptors (Lipinski definition) is 2. The van der Waals surface area contributed by atoms with Crippen LogP contribution in [0.15, 0.2) is 42.7 Å². The average molecular weight is 239 g/mol. The van der Waals surface area contributed by atoms with E-state index in [9.17, 15) is 4.79 Å². The second-order valence-electron chi connectivity index (χ2n) is 4.15. The predicted octanol–water partition coefficient (Wildman–Crippen LogP) is 2.92. The van der Waals surface area contributed by atoms with Gasteiger partial charge in [0.25, 0.3) is 0 Å². The quantitative estimate of drug-likeness (QED) is 0.613. The molecule has 0 bridgehead atoms. The van der Waals surface area contributed by atoms with Gasteiger partial charge < -0.3 is 15.3 Å². The lowest BCUT2D eigenvalue weighted by molar-refractivity contribution is 0.112. The van der Waals surface area contributed by atoms with Crippen molar-refractivity contribution in [2.75, 3.05) is 5.32 Å². The minimum atomic E-state index is 0.678. The monoisotopic (exact) mass is 239 g/mol. The number of rotatable bonds is 4. The average Bonchev–Trinajstić information content (AvgIpc) is 3.03. The number of hydrogen-bond donors (Lipinski definition) is 3. The number of para-hydroxylation sites is 1. The molecule has 0 radical (unpaired) electrons. The number of nitrogens with one attached hydrogen (secondary N) is 3. The van der Waals surface area contributed by atoms with E-state index >= 15 is 0 Å². The van der Waals surface area contributed by atoms with Gasteiger partial charge in [-0.25, -0.2) is 0 Å². The zero-order valence-electron chi connectivity index (χ0n) is 9.73. The largest absolute Gasteiger partial charge is 0.367 e. The molecule has 4 nitrogen and oxygen atoms in total. The van der Waals surface area contributed by atoms with Crippen molar-refractivity contribution in [2.24, 2.45) is 0 Å². The number of aldehydes is 1. The highest BCUT2D eigenvalue weighted by molar-refractivity contribution is 6.03. The highest BCUT2D eigenvalue weighted by Gasteiger charge is 2.09. The van der Waals surface area contributed by atoms with Crippen LogP contribution in [0.5, 0.6) is 0 Å². The Morgan fingerprint density at radius 1 is 1.22 bits per heavy atom.